The van der Waals surface area contributed by atoms with Crippen molar-refractivity contribution in [1.29, 1.82) is 0 Å². The van der Waals surface area contributed by atoms with Crippen LogP contribution in [0.5, 0.6) is 0 Å². The molecular weight excluding hydrogens is 202 g/mol. The fraction of sp³-hybridized carbons (Fsp3) is 0.917. The van der Waals surface area contributed by atoms with Crippen molar-refractivity contribution in [3.05, 3.63) is 0 Å². The molecule has 1 aliphatic heterocycles. The van der Waals surface area contributed by atoms with Crippen LogP contribution in [0.3, 0.4) is 0 Å². The van der Waals surface area contributed by atoms with Crippen LogP contribution in [-0.4, -0.2) is 61.0 Å². The van der Waals surface area contributed by atoms with Crippen molar-refractivity contribution in [1.82, 2.24) is 15.1 Å². The van der Waals surface area contributed by atoms with Gasteiger partial charge in [-0.15, -0.1) is 0 Å². The maximum atomic E-state index is 11.6. The summed E-state index contributed by atoms with van der Waals surface area (Å²) < 4.78 is 0. The molecular formula is C12H23N3O. The van der Waals surface area contributed by atoms with E-state index in [1.165, 1.54) is 12.8 Å². The number of carbonyl (C=O) groups excluding carboxylic acids is 1. The molecule has 0 spiro atoms. The summed E-state index contributed by atoms with van der Waals surface area (Å²) in [6.45, 7) is 6.26. The zero-order chi connectivity index (χ0) is 11.5. The van der Waals surface area contributed by atoms with Crippen LogP contribution in [0.1, 0.15) is 26.2 Å². The summed E-state index contributed by atoms with van der Waals surface area (Å²) in [6, 6.07) is 0.900. The van der Waals surface area contributed by atoms with Crippen LogP contribution in [0.15, 0.2) is 0 Å². The minimum atomic E-state index is 0.0721. The molecule has 0 radical (unpaired) electrons. The Morgan fingerprint density at radius 3 is 2.69 bits per heavy atom. The molecule has 0 aromatic carbocycles. The Labute approximate surface area is 98.0 Å². The predicted molar refractivity (Wildman–Crippen MR) is 64.3 cm³/mol. The molecule has 0 bridgehead atoms. The summed E-state index contributed by atoms with van der Waals surface area (Å²) >= 11 is 0. The summed E-state index contributed by atoms with van der Waals surface area (Å²) in [6.07, 6.45) is 3.68. The van der Waals surface area contributed by atoms with Gasteiger partial charge in [-0.1, -0.05) is 6.92 Å². The quantitative estimate of drug-likeness (QED) is 0.706. The van der Waals surface area contributed by atoms with Gasteiger partial charge in [0.25, 0.3) is 0 Å². The standard InChI is InChI=1S/C12H23N3O/c1-3-15(10-4-5-10)9-7-13-11-6-8-14(2)12(11)16/h10-11,13H,3-9H2,1-2H3. The third-order valence-corrected chi connectivity index (χ3v) is 3.69. The number of hydrogen-bond acceptors (Lipinski definition) is 3. The summed E-state index contributed by atoms with van der Waals surface area (Å²) in [4.78, 5) is 16.0. The van der Waals surface area contributed by atoms with Gasteiger partial charge in [-0.3, -0.25) is 9.69 Å². The molecule has 16 heavy (non-hydrogen) atoms. The number of rotatable bonds is 6. The molecule has 1 amide bonds. The van der Waals surface area contributed by atoms with Gasteiger partial charge in [0.1, 0.15) is 0 Å². The van der Waals surface area contributed by atoms with Crippen LogP contribution in [0.2, 0.25) is 0 Å². The fourth-order valence-electron chi connectivity index (χ4n) is 2.43. The van der Waals surface area contributed by atoms with Gasteiger partial charge in [-0.05, 0) is 25.8 Å². The van der Waals surface area contributed by atoms with Gasteiger partial charge in [0.2, 0.25) is 5.91 Å². The highest BCUT2D eigenvalue weighted by atomic mass is 16.2. The van der Waals surface area contributed by atoms with E-state index < -0.39 is 0 Å². The predicted octanol–water partition coefficient (Wildman–Crippen LogP) is 0.291. The third-order valence-electron chi connectivity index (χ3n) is 3.69. The normalized spacial score (nSPS) is 25.8. The lowest BCUT2D eigenvalue weighted by Gasteiger charge is -2.21. The van der Waals surface area contributed by atoms with Crippen LogP contribution in [0.25, 0.3) is 0 Å². The zero-order valence-electron chi connectivity index (χ0n) is 10.4. The molecule has 1 aliphatic carbocycles. The molecule has 1 heterocycles. The Morgan fingerprint density at radius 1 is 1.44 bits per heavy atom. The number of hydrogen-bond donors (Lipinski definition) is 1. The highest BCUT2D eigenvalue weighted by Crippen LogP contribution is 2.25. The summed E-state index contributed by atoms with van der Waals surface area (Å²) in [5.41, 5.74) is 0. The van der Waals surface area contributed by atoms with Gasteiger partial charge < -0.3 is 10.2 Å². The monoisotopic (exact) mass is 225 g/mol. The Morgan fingerprint density at radius 2 is 2.19 bits per heavy atom. The van der Waals surface area contributed by atoms with Crippen molar-refractivity contribution in [2.75, 3.05) is 33.2 Å². The van der Waals surface area contributed by atoms with Crippen LogP contribution in [-0.2, 0) is 4.79 Å². The maximum Gasteiger partial charge on any atom is 0.239 e. The topological polar surface area (TPSA) is 35.6 Å². The molecule has 2 fully saturated rings. The first-order valence-corrected chi connectivity index (χ1v) is 6.44. The van der Waals surface area contributed by atoms with E-state index >= 15 is 0 Å². The zero-order valence-corrected chi connectivity index (χ0v) is 10.4. The smallest absolute Gasteiger partial charge is 0.239 e. The summed E-state index contributed by atoms with van der Waals surface area (Å²) in [5.74, 6) is 0.259. The number of likely N-dealkylation sites (tertiary alicyclic amines) is 1. The van der Waals surface area contributed by atoms with Crippen molar-refractivity contribution < 1.29 is 4.79 Å². The number of nitrogens with zero attached hydrogens (tertiary/aromatic N) is 2. The largest absolute Gasteiger partial charge is 0.344 e. The number of carbonyl (C=O) groups is 1. The van der Waals surface area contributed by atoms with Gasteiger partial charge in [0.15, 0.2) is 0 Å². The minimum absolute atomic E-state index is 0.0721. The lowest BCUT2D eigenvalue weighted by molar-refractivity contribution is -0.128. The van der Waals surface area contributed by atoms with Crippen molar-refractivity contribution in [2.45, 2.75) is 38.3 Å². The van der Waals surface area contributed by atoms with Gasteiger partial charge in [-0.2, -0.15) is 0 Å². The lowest BCUT2D eigenvalue weighted by Crippen LogP contribution is -2.41. The molecule has 1 unspecified atom stereocenters. The van der Waals surface area contributed by atoms with E-state index in [9.17, 15) is 4.79 Å². The van der Waals surface area contributed by atoms with Gasteiger partial charge in [0.05, 0.1) is 6.04 Å². The SMILES string of the molecule is CCN(CCNC1CCN(C)C1=O)C1CC1. The third kappa shape index (κ3) is 2.74. The Balaban J connectivity index is 1.65. The first-order valence-electron chi connectivity index (χ1n) is 6.44. The molecule has 0 aromatic rings. The van der Waals surface area contributed by atoms with Crippen molar-refractivity contribution in [3.8, 4) is 0 Å². The molecule has 2 rings (SSSR count). The molecule has 0 aromatic heterocycles. The van der Waals surface area contributed by atoms with Crippen LogP contribution >= 0.6 is 0 Å². The summed E-state index contributed by atoms with van der Waals surface area (Å²) in [5, 5.41) is 3.38. The molecule has 1 atom stereocenters. The van der Waals surface area contributed by atoms with Gasteiger partial charge >= 0.3 is 0 Å². The van der Waals surface area contributed by atoms with Gasteiger partial charge in [-0.25, -0.2) is 0 Å². The second-order valence-corrected chi connectivity index (χ2v) is 4.91. The van der Waals surface area contributed by atoms with Crippen LogP contribution in [0, 0.1) is 0 Å². The maximum absolute atomic E-state index is 11.6. The van der Waals surface area contributed by atoms with Crippen molar-refractivity contribution in [2.24, 2.45) is 0 Å². The minimum Gasteiger partial charge on any atom is -0.344 e. The molecule has 1 N–H and O–H groups in total. The number of likely N-dealkylation sites (N-methyl/N-ethyl adjacent to an activating group) is 2. The Kier molecular flexibility index (Phi) is 3.82. The molecule has 4 heteroatoms. The van der Waals surface area contributed by atoms with E-state index in [4.69, 9.17) is 0 Å². The molecule has 1 saturated carbocycles. The fourth-order valence-corrected chi connectivity index (χ4v) is 2.43. The molecule has 4 nitrogen and oxygen atoms in total. The van der Waals surface area contributed by atoms with E-state index in [2.05, 4.69) is 17.1 Å². The first kappa shape index (κ1) is 11.9. The highest BCUT2D eigenvalue weighted by molar-refractivity contribution is 5.83. The van der Waals surface area contributed by atoms with E-state index in [-0.39, 0.29) is 11.9 Å². The number of amides is 1. The van der Waals surface area contributed by atoms with Gasteiger partial charge in [0, 0.05) is 32.7 Å². The van der Waals surface area contributed by atoms with E-state index in [0.29, 0.717) is 0 Å². The Bertz CT molecular complexity index is 253. The first-order chi connectivity index (χ1) is 7.72. The second-order valence-electron chi connectivity index (χ2n) is 4.91. The molecule has 2 aliphatic rings. The van der Waals surface area contributed by atoms with E-state index in [1.54, 1.807) is 0 Å². The average molecular weight is 225 g/mol. The van der Waals surface area contributed by atoms with Crippen molar-refractivity contribution >= 4 is 5.91 Å². The second kappa shape index (κ2) is 5.15. The van der Waals surface area contributed by atoms with Crippen molar-refractivity contribution in [3.63, 3.8) is 0 Å². The van der Waals surface area contributed by atoms with Crippen LogP contribution < -0.4 is 5.32 Å². The molecule has 1 saturated heterocycles. The average Bonchev–Trinajstić information content (AvgIpc) is 3.06. The summed E-state index contributed by atoms with van der Waals surface area (Å²) in [7, 11) is 1.88. The Hall–Kier alpha value is -0.610. The lowest BCUT2D eigenvalue weighted by atomic mass is 10.2. The molecule has 92 valence electrons. The van der Waals surface area contributed by atoms with Crippen LogP contribution in [0.4, 0.5) is 0 Å². The van der Waals surface area contributed by atoms with E-state index in [0.717, 1.165) is 38.6 Å². The highest BCUT2D eigenvalue weighted by Gasteiger charge is 2.30. The van der Waals surface area contributed by atoms with E-state index in [1.807, 2.05) is 11.9 Å². The number of nitrogens with one attached hydrogen (secondary N) is 1.